The van der Waals surface area contributed by atoms with Crippen LogP contribution < -0.4 is 5.73 Å². The van der Waals surface area contributed by atoms with Crippen LogP contribution in [0.3, 0.4) is 0 Å². The Morgan fingerprint density at radius 1 is 1.32 bits per heavy atom. The van der Waals surface area contributed by atoms with Crippen molar-refractivity contribution in [1.29, 1.82) is 0 Å². The third-order valence-corrected chi connectivity index (χ3v) is 2.74. The summed E-state index contributed by atoms with van der Waals surface area (Å²) in [5.41, 5.74) is 6.67. The summed E-state index contributed by atoms with van der Waals surface area (Å²) in [7, 11) is 1.20. The molecule has 2 atom stereocenters. The average Bonchev–Trinajstić information content (AvgIpc) is 2.45. The molecule has 0 saturated heterocycles. The summed E-state index contributed by atoms with van der Waals surface area (Å²) in [6.45, 7) is 1.42. The standard InChI is InChI=1S/C14H17NO4/c1-9(14(18)19-2)13(17)12(16)8-11(15)10-6-4-3-5-7-10/h3-9,13,17H,15H2,1-2H3/b11-8-. The first-order chi connectivity index (χ1) is 8.97. The number of benzene rings is 1. The highest BCUT2D eigenvalue weighted by Gasteiger charge is 2.27. The Hall–Kier alpha value is -2.14. The molecule has 1 aromatic carbocycles. The number of aliphatic hydroxyl groups excluding tert-OH is 1. The van der Waals surface area contributed by atoms with Gasteiger partial charge in [-0.2, -0.15) is 0 Å². The van der Waals surface area contributed by atoms with Crippen molar-refractivity contribution < 1.29 is 19.4 Å². The van der Waals surface area contributed by atoms with Crippen LogP contribution in [0.5, 0.6) is 0 Å². The van der Waals surface area contributed by atoms with E-state index in [1.54, 1.807) is 24.3 Å². The van der Waals surface area contributed by atoms with Crippen LogP contribution in [0.4, 0.5) is 0 Å². The number of rotatable bonds is 5. The summed E-state index contributed by atoms with van der Waals surface area (Å²) in [5.74, 6) is -2.20. The number of hydrogen-bond donors (Lipinski definition) is 2. The largest absolute Gasteiger partial charge is 0.469 e. The van der Waals surface area contributed by atoms with Gasteiger partial charge in [0.05, 0.1) is 13.0 Å². The number of carbonyl (C=O) groups is 2. The van der Waals surface area contributed by atoms with E-state index in [0.29, 0.717) is 5.56 Å². The first-order valence-electron chi connectivity index (χ1n) is 5.79. The number of esters is 1. The molecule has 0 radical (unpaired) electrons. The highest BCUT2D eigenvalue weighted by molar-refractivity contribution is 6.01. The van der Waals surface area contributed by atoms with Gasteiger partial charge in [0.15, 0.2) is 5.78 Å². The van der Waals surface area contributed by atoms with Gasteiger partial charge in [0, 0.05) is 11.8 Å². The minimum Gasteiger partial charge on any atom is -0.469 e. The van der Waals surface area contributed by atoms with Gasteiger partial charge in [-0.3, -0.25) is 9.59 Å². The highest BCUT2D eigenvalue weighted by atomic mass is 16.5. The van der Waals surface area contributed by atoms with E-state index in [9.17, 15) is 14.7 Å². The molecular weight excluding hydrogens is 246 g/mol. The molecule has 5 heteroatoms. The number of ether oxygens (including phenoxy) is 1. The summed E-state index contributed by atoms with van der Waals surface area (Å²) in [6.07, 6.45) is -0.339. The summed E-state index contributed by atoms with van der Waals surface area (Å²) >= 11 is 0. The van der Waals surface area contributed by atoms with E-state index < -0.39 is 23.8 Å². The molecule has 3 N–H and O–H groups in total. The molecule has 0 aliphatic rings. The molecular formula is C14H17NO4. The summed E-state index contributed by atoms with van der Waals surface area (Å²) in [4.78, 5) is 23.0. The number of hydrogen-bond acceptors (Lipinski definition) is 5. The predicted molar refractivity (Wildman–Crippen MR) is 70.8 cm³/mol. The number of ketones is 1. The molecule has 1 aromatic rings. The lowest BCUT2D eigenvalue weighted by molar-refractivity contribution is -0.151. The van der Waals surface area contributed by atoms with Crippen LogP contribution in [0.2, 0.25) is 0 Å². The van der Waals surface area contributed by atoms with Gasteiger partial charge in [-0.25, -0.2) is 0 Å². The lowest BCUT2D eigenvalue weighted by Gasteiger charge is -2.14. The lowest BCUT2D eigenvalue weighted by Crippen LogP contribution is -2.33. The molecule has 2 unspecified atom stereocenters. The first kappa shape index (κ1) is 14.9. The van der Waals surface area contributed by atoms with Crippen molar-refractivity contribution in [3.05, 3.63) is 42.0 Å². The predicted octanol–water partition coefficient (Wildman–Crippen LogP) is 0.725. The molecule has 0 fully saturated rings. The molecule has 0 aliphatic heterocycles. The Bertz CT molecular complexity index is 481. The fraction of sp³-hybridized carbons (Fsp3) is 0.286. The summed E-state index contributed by atoms with van der Waals surface area (Å²) < 4.78 is 4.47. The Labute approximate surface area is 111 Å². The molecule has 0 heterocycles. The first-order valence-corrected chi connectivity index (χ1v) is 5.79. The van der Waals surface area contributed by atoms with Gasteiger partial charge in [-0.15, -0.1) is 0 Å². The van der Waals surface area contributed by atoms with Gasteiger partial charge in [0.25, 0.3) is 0 Å². The summed E-state index contributed by atoms with van der Waals surface area (Å²) in [6, 6.07) is 8.89. The normalized spacial score (nSPS) is 14.6. The van der Waals surface area contributed by atoms with E-state index >= 15 is 0 Å². The van der Waals surface area contributed by atoms with Crippen molar-refractivity contribution in [3.63, 3.8) is 0 Å². The van der Waals surface area contributed by atoms with Crippen LogP contribution in [-0.4, -0.2) is 30.1 Å². The van der Waals surface area contributed by atoms with Crippen molar-refractivity contribution in [2.45, 2.75) is 13.0 Å². The molecule has 0 saturated carbocycles. The second-order valence-electron chi connectivity index (χ2n) is 4.12. The van der Waals surface area contributed by atoms with Crippen molar-refractivity contribution in [1.82, 2.24) is 0 Å². The van der Waals surface area contributed by atoms with Crippen molar-refractivity contribution >= 4 is 17.4 Å². The van der Waals surface area contributed by atoms with E-state index in [1.165, 1.54) is 14.0 Å². The number of aliphatic hydroxyl groups is 1. The number of methoxy groups -OCH3 is 1. The van der Waals surface area contributed by atoms with Gasteiger partial charge >= 0.3 is 5.97 Å². The van der Waals surface area contributed by atoms with Crippen LogP contribution in [0.15, 0.2) is 36.4 Å². The average molecular weight is 263 g/mol. The minimum absolute atomic E-state index is 0.238. The third-order valence-electron chi connectivity index (χ3n) is 2.74. The third kappa shape index (κ3) is 3.93. The maximum Gasteiger partial charge on any atom is 0.311 e. The maximum absolute atomic E-state index is 11.8. The van der Waals surface area contributed by atoms with E-state index in [2.05, 4.69) is 4.74 Å². The van der Waals surface area contributed by atoms with Gasteiger partial charge in [-0.05, 0) is 12.5 Å². The van der Waals surface area contributed by atoms with Crippen LogP contribution in [0.25, 0.3) is 5.70 Å². The molecule has 0 aliphatic carbocycles. The van der Waals surface area contributed by atoms with Gasteiger partial charge in [0.2, 0.25) is 0 Å². The second-order valence-corrected chi connectivity index (χ2v) is 4.12. The zero-order valence-electron chi connectivity index (χ0n) is 10.9. The van der Waals surface area contributed by atoms with Gasteiger partial charge in [0.1, 0.15) is 6.10 Å². The lowest BCUT2D eigenvalue weighted by atomic mass is 9.99. The zero-order chi connectivity index (χ0) is 14.4. The van der Waals surface area contributed by atoms with Gasteiger partial charge < -0.3 is 15.6 Å². The Morgan fingerprint density at radius 2 is 1.89 bits per heavy atom. The van der Waals surface area contributed by atoms with Crippen LogP contribution in [-0.2, 0) is 14.3 Å². The SMILES string of the molecule is COC(=O)C(C)C(O)C(=O)/C=C(\N)c1ccccc1. The van der Waals surface area contributed by atoms with E-state index in [-0.39, 0.29) is 5.70 Å². The van der Waals surface area contributed by atoms with Gasteiger partial charge in [-0.1, -0.05) is 30.3 Å². The number of carbonyl (C=O) groups excluding carboxylic acids is 2. The van der Waals surface area contributed by atoms with Crippen LogP contribution in [0, 0.1) is 5.92 Å². The molecule has 19 heavy (non-hydrogen) atoms. The molecule has 0 amide bonds. The van der Waals surface area contributed by atoms with E-state index in [0.717, 1.165) is 6.08 Å². The Balaban J connectivity index is 2.81. The number of nitrogens with two attached hydrogens (primary N) is 1. The topological polar surface area (TPSA) is 89.6 Å². The molecule has 0 bridgehead atoms. The smallest absolute Gasteiger partial charge is 0.311 e. The summed E-state index contributed by atoms with van der Waals surface area (Å²) in [5, 5.41) is 9.73. The fourth-order valence-electron chi connectivity index (χ4n) is 1.51. The minimum atomic E-state index is -1.46. The van der Waals surface area contributed by atoms with Crippen LogP contribution in [0.1, 0.15) is 12.5 Å². The Morgan fingerprint density at radius 3 is 2.42 bits per heavy atom. The molecule has 0 spiro atoms. The van der Waals surface area contributed by atoms with Crippen LogP contribution >= 0.6 is 0 Å². The fourth-order valence-corrected chi connectivity index (χ4v) is 1.51. The van der Waals surface area contributed by atoms with E-state index in [4.69, 9.17) is 5.73 Å². The monoisotopic (exact) mass is 263 g/mol. The van der Waals surface area contributed by atoms with Crippen molar-refractivity contribution in [3.8, 4) is 0 Å². The quantitative estimate of drug-likeness (QED) is 0.603. The second kappa shape index (κ2) is 6.70. The van der Waals surface area contributed by atoms with Crippen molar-refractivity contribution in [2.75, 3.05) is 7.11 Å². The molecule has 0 aromatic heterocycles. The van der Waals surface area contributed by atoms with E-state index in [1.807, 2.05) is 6.07 Å². The molecule has 1 rings (SSSR count). The Kier molecular flexibility index (Phi) is 5.26. The highest BCUT2D eigenvalue weighted by Crippen LogP contribution is 2.11. The molecule has 5 nitrogen and oxygen atoms in total. The maximum atomic E-state index is 11.8. The van der Waals surface area contributed by atoms with Crippen molar-refractivity contribution in [2.24, 2.45) is 11.7 Å². The zero-order valence-corrected chi connectivity index (χ0v) is 10.9. The molecule has 102 valence electrons.